The molecule has 0 unspecified atom stereocenters. The molecule has 1 saturated heterocycles. The van der Waals surface area contributed by atoms with E-state index in [2.05, 4.69) is 29.9 Å². The summed E-state index contributed by atoms with van der Waals surface area (Å²) in [7, 11) is 0. The van der Waals surface area contributed by atoms with Crippen molar-refractivity contribution in [2.75, 3.05) is 36.0 Å². The molecular weight excluding hydrogens is 364 g/mol. The summed E-state index contributed by atoms with van der Waals surface area (Å²) in [6.07, 6.45) is 2.99. The maximum atomic E-state index is 13.3. The third-order valence-corrected chi connectivity index (χ3v) is 5.31. The number of anilines is 2. The highest BCUT2D eigenvalue weighted by molar-refractivity contribution is 5.69. The van der Waals surface area contributed by atoms with Crippen molar-refractivity contribution in [3.8, 4) is 0 Å². The monoisotopic (exact) mass is 385 g/mol. The molecule has 28 heavy (non-hydrogen) atoms. The van der Waals surface area contributed by atoms with E-state index in [9.17, 15) is 8.78 Å². The van der Waals surface area contributed by atoms with Gasteiger partial charge in [-0.2, -0.15) is 5.10 Å². The van der Waals surface area contributed by atoms with E-state index in [-0.39, 0.29) is 11.6 Å². The van der Waals surface area contributed by atoms with E-state index in [1.54, 1.807) is 6.20 Å². The third kappa shape index (κ3) is 3.14. The predicted octanol–water partition coefficient (Wildman–Crippen LogP) is 2.97. The molecule has 0 radical (unpaired) electrons. The van der Waals surface area contributed by atoms with Crippen LogP contribution in [-0.2, 0) is 0 Å². The highest BCUT2D eigenvalue weighted by Crippen LogP contribution is 2.39. The Kier molecular flexibility index (Phi) is 4.10. The number of hydrogen-bond acceptors (Lipinski definition) is 6. The minimum Gasteiger partial charge on any atom is -0.353 e. The fourth-order valence-electron chi connectivity index (χ4n) is 3.69. The van der Waals surface area contributed by atoms with E-state index in [4.69, 9.17) is 0 Å². The summed E-state index contributed by atoms with van der Waals surface area (Å²) in [6.45, 7) is 4.83. The first kappa shape index (κ1) is 17.3. The van der Waals surface area contributed by atoms with Crippen molar-refractivity contribution in [3.05, 3.63) is 41.7 Å². The van der Waals surface area contributed by atoms with Gasteiger partial charge in [0.05, 0.1) is 5.69 Å². The van der Waals surface area contributed by atoms with Crippen LogP contribution < -0.4 is 9.80 Å². The van der Waals surface area contributed by atoms with Gasteiger partial charge in [-0.3, -0.25) is 0 Å². The van der Waals surface area contributed by atoms with Gasteiger partial charge in [0.2, 0.25) is 0 Å². The van der Waals surface area contributed by atoms with Gasteiger partial charge in [-0.05, 0) is 25.8 Å². The number of fused-ring (bicyclic) bond motifs is 1. The van der Waals surface area contributed by atoms with E-state index in [0.29, 0.717) is 24.7 Å². The zero-order valence-electron chi connectivity index (χ0n) is 15.6. The Hall–Kier alpha value is -2.84. The van der Waals surface area contributed by atoms with Crippen LogP contribution in [0.1, 0.15) is 42.4 Å². The lowest BCUT2D eigenvalue weighted by molar-refractivity contribution is 0.145. The Morgan fingerprint density at radius 1 is 1.04 bits per heavy atom. The summed E-state index contributed by atoms with van der Waals surface area (Å²) in [5.41, 5.74) is 1.75. The zero-order valence-corrected chi connectivity index (χ0v) is 15.6. The van der Waals surface area contributed by atoms with E-state index < -0.39 is 6.43 Å². The first-order valence-electron chi connectivity index (χ1n) is 9.56. The van der Waals surface area contributed by atoms with Gasteiger partial charge in [-0.25, -0.2) is 28.2 Å². The highest BCUT2D eigenvalue weighted by atomic mass is 19.3. The standard InChI is InChI=1S/C19H21F2N7/c1-12-10-15-19(22-4-5-28(15)25-12)27-8-6-26(7-9-27)16-11-14(17(20)21)23-18(24-16)13-2-3-13/h4-5,10-11,13,17H,2-3,6-9H2,1H3. The normalized spacial score (nSPS) is 17.7. The second kappa shape index (κ2) is 6.65. The van der Waals surface area contributed by atoms with E-state index in [0.717, 1.165) is 43.0 Å². The van der Waals surface area contributed by atoms with Gasteiger partial charge < -0.3 is 9.80 Å². The van der Waals surface area contributed by atoms with Gasteiger partial charge in [0, 0.05) is 50.6 Å². The van der Waals surface area contributed by atoms with Gasteiger partial charge in [0.1, 0.15) is 22.9 Å². The molecule has 2 aliphatic rings. The topological polar surface area (TPSA) is 62.5 Å². The zero-order chi connectivity index (χ0) is 19.3. The maximum absolute atomic E-state index is 13.3. The molecule has 7 nitrogen and oxygen atoms in total. The number of rotatable bonds is 4. The second-order valence-electron chi connectivity index (χ2n) is 7.42. The van der Waals surface area contributed by atoms with Gasteiger partial charge in [-0.15, -0.1) is 0 Å². The van der Waals surface area contributed by atoms with Crippen LogP contribution in [0.3, 0.4) is 0 Å². The van der Waals surface area contributed by atoms with Crippen LogP contribution in [0.2, 0.25) is 0 Å². The fourth-order valence-corrected chi connectivity index (χ4v) is 3.69. The van der Waals surface area contributed by atoms with Crippen molar-refractivity contribution in [1.29, 1.82) is 0 Å². The number of aryl methyl sites for hydroxylation is 1. The van der Waals surface area contributed by atoms with Crippen LogP contribution in [0, 0.1) is 6.92 Å². The highest BCUT2D eigenvalue weighted by Gasteiger charge is 2.30. The molecule has 3 aromatic rings. The fraction of sp³-hybridized carbons (Fsp3) is 0.474. The molecule has 2 fully saturated rings. The molecule has 3 aromatic heterocycles. The van der Waals surface area contributed by atoms with Crippen molar-refractivity contribution >= 4 is 17.2 Å². The molecule has 0 atom stereocenters. The van der Waals surface area contributed by atoms with Crippen molar-refractivity contribution in [3.63, 3.8) is 0 Å². The third-order valence-electron chi connectivity index (χ3n) is 5.31. The first-order chi connectivity index (χ1) is 13.6. The minimum absolute atomic E-state index is 0.171. The van der Waals surface area contributed by atoms with Crippen LogP contribution in [-0.4, -0.2) is 50.7 Å². The molecule has 146 valence electrons. The molecule has 0 spiro atoms. The Balaban J connectivity index is 1.37. The van der Waals surface area contributed by atoms with Gasteiger partial charge in [-0.1, -0.05) is 0 Å². The van der Waals surface area contributed by atoms with E-state index in [1.807, 2.05) is 23.7 Å². The molecule has 0 N–H and O–H groups in total. The smallest absolute Gasteiger partial charge is 0.280 e. The molecule has 0 amide bonds. The molecule has 0 aromatic carbocycles. The molecule has 1 aliphatic heterocycles. The summed E-state index contributed by atoms with van der Waals surface area (Å²) in [6, 6.07) is 3.46. The largest absolute Gasteiger partial charge is 0.353 e. The average Bonchev–Trinajstić information content (AvgIpc) is 3.48. The lowest BCUT2D eigenvalue weighted by Crippen LogP contribution is -2.47. The SMILES string of the molecule is Cc1cc2c(N3CCN(c4cc(C(F)F)nc(C5CC5)n4)CC3)nccn2n1. The number of alkyl halides is 2. The number of hydrogen-bond donors (Lipinski definition) is 0. The summed E-state index contributed by atoms with van der Waals surface area (Å²) in [5.74, 6) is 2.32. The number of halogens is 2. The van der Waals surface area contributed by atoms with E-state index in [1.165, 1.54) is 6.07 Å². The van der Waals surface area contributed by atoms with Crippen molar-refractivity contribution in [2.45, 2.75) is 32.1 Å². The minimum atomic E-state index is -2.58. The van der Waals surface area contributed by atoms with Crippen molar-refractivity contribution in [2.24, 2.45) is 0 Å². The lowest BCUT2D eigenvalue weighted by Gasteiger charge is -2.36. The first-order valence-corrected chi connectivity index (χ1v) is 9.56. The van der Waals surface area contributed by atoms with Crippen LogP contribution in [0.15, 0.2) is 24.5 Å². The summed E-state index contributed by atoms with van der Waals surface area (Å²) in [4.78, 5) is 17.5. The lowest BCUT2D eigenvalue weighted by atomic mass is 10.2. The maximum Gasteiger partial charge on any atom is 0.280 e. The van der Waals surface area contributed by atoms with Gasteiger partial charge in [0.15, 0.2) is 5.82 Å². The molecular formula is C19H21F2N7. The summed E-state index contributed by atoms with van der Waals surface area (Å²) in [5, 5.41) is 4.44. The van der Waals surface area contributed by atoms with Crippen LogP contribution >= 0.6 is 0 Å². The number of nitrogens with zero attached hydrogens (tertiary/aromatic N) is 7. The number of piperazine rings is 1. The van der Waals surface area contributed by atoms with Crippen LogP contribution in [0.4, 0.5) is 20.4 Å². The van der Waals surface area contributed by atoms with E-state index >= 15 is 0 Å². The van der Waals surface area contributed by atoms with Gasteiger partial charge in [0.25, 0.3) is 6.43 Å². The predicted molar refractivity (Wildman–Crippen MR) is 101 cm³/mol. The number of aromatic nitrogens is 5. The Labute approximate surface area is 161 Å². The molecule has 9 heteroatoms. The van der Waals surface area contributed by atoms with Crippen LogP contribution in [0.25, 0.3) is 5.52 Å². The Bertz CT molecular complexity index is 986. The summed E-state index contributed by atoms with van der Waals surface area (Å²) >= 11 is 0. The molecule has 5 rings (SSSR count). The van der Waals surface area contributed by atoms with Crippen molar-refractivity contribution < 1.29 is 8.78 Å². The Morgan fingerprint density at radius 3 is 2.50 bits per heavy atom. The molecule has 4 heterocycles. The summed E-state index contributed by atoms with van der Waals surface area (Å²) < 4.78 is 28.4. The molecule has 1 aliphatic carbocycles. The van der Waals surface area contributed by atoms with Crippen LogP contribution in [0.5, 0.6) is 0 Å². The van der Waals surface area contributed by atoms with Gasteiger partial charge >= 0.3 is 0 Å². The van der Waals surface area contributed by atoms with Crippen molar-refractivity contribution in [1.82, 2.24) is 24.6 Å². The quantitative estimate of drug-likeness (QED) is 0.688. The Morgan fingerprint density at radius 2 is 1.79 bits per heavy atom. The molecule has 0 bridgehead atoms. The second-order valence-corrected chi connectivity index (χ2v) is 7.42. The average molecular weight is 385 g/mol. The molecule has 1 saturated carbocycles.